The van der Waals surface area contributed by atoms with E-state index in [1.54, 1.807) is 56.3 Å². The summed E-state index contributed by atoms with van der Waals surface area (Å²) in [5.41, 5.74) is 0.702. The number of benzene rings is 2. The summed E-state index contributed by atoms with van der Waals surface area (Å²) in [5, 5.41) is 0. The maximum atomic E-state index is 12.2. The van der Waals surface area contributed by atoms with Crippen molar-refractivity contribution in [3.63, 3.8) is 0 Å². The third kappa shape index (κ3) is 4.84. The molecular formula is C19H20O5. The quantitative estimate of drug-likeness (QED) is 0.595. The van der Waals surface area contributed by atoms with Crippen LogP contribution in [-0.4, -0.2) is 24.6 Å². The summed E-state index contributed by atoms with van der Waals surface area (Å²) in [4.78, 5) is 24.1. The molecule has 0 unspecified atom stereocenters. The fourth-order valence-electron chi connectivity index (χ4n) is 2.01. The number of esters is 2. The molecule has 0 spiro atoms. The minimum absolute atomic E-state index is 0.218. The van der Waals surface area contributed by atoms with Crippen LogP contribution in [0.1, 0.15) is 41.5 Å². The Morgan fingerprint density at radius 3 is 2.12 bits per heavy atom. The van der Waals surface area contributed by atoms with Gasteiger partial charge in [0.25, 0.3) is 0 Å². The lowest BCUT2D eigenvalue weighted by molar-refractivity contribution is 0.0376. The summed E-state index contributed by atoms with van der Waals surface area (Å²) in [6.07, 6.45) is -0.218. The average Bonchev–Trinajstić information content (AvgIpc) is 2.55. The van der Waals surface area contributed by atoms with Crippen LogP contribution in [0, 0.1) is 0 Å². The smallest absolute Gasteiger partial charge is 0.343 e. The summed E-state index contributed by atoms with van der Waals surface area (Å²) >= 11 is 0. The standard InChI is InChI=1S/C19H20O5/c1-4-22-16-9-5-7-14(11-16)19(21)24-17-10-6-8-15(12-17)18(20)23-13(2)3/h5-13H,4H2,1-3H3. The molecule has 0 aliphatic rings. The molecule has 0 heterocycles. The molecule has 2 rings (SSSR count). The lowest BCUT2D eigenvalue weighted by atomic mass is 10.2. The molecule has 0 fully saturated rings. The van der Waals surface area contributed by atoms with Crippen molar-refractivity contribution in [1.82, 2.24) is 0 Å². The maximum Gasteiger partial charge on any atom is 0.343 e. The van der Waals surface area contributed by atoms with Crippen molar-refractivity contribution in [2.75, 3.05) is 6.61 Å². The minimum atomic E-state index is -0.522. The number of carbonyl (C=O) groups is 2. The molecule has 5 heteroatoms. The SMILES string of the molecule is CCOc1cccc(C(=O)Oc2cccc(C(=O)OC(C)C)c2)c1. The fourth-order valence-corrected chi connectivity index (χ4v) is 2.01. The van der Waals surface area contributed by atoms with Crippen LogP contribution in [0.4, 0.5) is 0 Å². The van der Waals surface area contributed by atoms with E-state index in [0.29, 0.717) is 23.5 Å². The molecule has 0 amide bonds. The molecule has 0 radical (unpaired) electrons. The lowest BCUT2D eigenvalue weighted by Crippen LogP contribution is -2.12. The van der Waals surface area contributed by atoms with Gasteiger partial charge in [-0.25, -0.2) is 9.59 Å². The van der Waals surface area contributed by atoms with Gasteiger partial charge in [0.05, 0.1) is 23.8 Å². The molecule has 0 saturated carbocycles. The van der Waals surface area contributed by atoms with E-state index in [1.165, 1.54) is 6.07 Å². The van der Waals surface area contributed by atoms with E-state index in [-0.39, 0.29) is 11.9 Å². The lowest BCUT2D eigenvalue weighted by Gasteiger charge is -2.10. The Labute approximate surface area is 141 Å². The highest BCUT2D eigenvalue weighted by atomic mass is 16.5. The van der Waals surface area contributed by atoms with Gasteiger partial charge in [0, 0.05) is 0 Å². The molecule has 24 heavy (non-hydrogen) atoms. The third-order valence-electron chi connectivity index (χ3n) is 3.00. The summed E-state index contributed by atoms with van der Waals surface area (Å²) in [7, 11) is 0. The predicted molar refractivity (Wildman–Crippen MR) is 89.6 cm³/mol. The van der Waals surface area contributed by atoms with Crippen molar-refractivity contribution in [2.45, 2.75) is 26.9 Å². The number of rotatable bonds is 6. The Kier molecular flexibility index (Phi) is 5.95. The predicted octanol–water partition coefficient (Wildman–Crippen LogP) is 3.87. The zero-order chi connectivity index (χ0) is 17.5. The van der Waals surface area contributed by atoms with Gasteiger partial charge in [-0.15, -0.1) is 0 Å². The fraction of sp³-hybridized carbons (Fsp3) is 0.263. The highest BCUT2D eigenvalue weighted by molar-refractivity contribution is 5.93. The number of carbonyl (C=O) groups excluding carboxylic acids is 2. The molecule has 5 nitrogen and oxygen atoms in total. The van der Waals surface area contributed by atoms with Gasteiger partial charge < -0.3 is 14.2 Å². The van der Waals surface area contributed by atoms with Crippen molar-refractivity contribution >= 4 is 11.9 Å². The van der Waals surface area contributed by atoms with Crippen molar-refractivity contribution in [3.05, 3.63) is 59.7 Å². The Morgan fingerprint density at radius 2 is 1.50 bits per heavy atom. The van der Waals surface area contributed by atoms with Gasteiger partial charge in [0.1, 0.15) is 11.5 Å². The second-order valence-corrected chi connectivity index (χ2v) is 5.33. The second-order valence-electron chi connectivity index (χ2n) is 5.33. The molecule has 2 aromatic carbocycles. The summed E-state index contributed by atoms with van der Waals surface area (Å²) < 4.78 is 15.8. The van der Waals surface area contributed by atoms with Crippen LogP contribution in [0.3, 0.4) is 0 Å². The summed E-state index contributed by atoms with van der Waals surface area (Å²) in [5.74, 6) is -0.103. The Bertz CT molecular complexity index is 721. The van der Waals surface area contributed by atoms with E-state index >= 15 is 0 Å². The highest BCUT2D eigenvalue weighted by Crippen LogP contribution is 2.18. The van der Waals surface area contributed by atoms with Gasteiger partial charge in [-0.05, 0) is 57.2 Å². The molecule has 0 N–H and O–H groups in total. The van der Waals surface area contributed by atoms with E-state index in [4.69, 9.17) is 14.2 Å². The number of ether oxygens (including phenoxy) is 3. The molecule has 0 aliphatic heterocycles. The van der Waals surface area contributed by atoms with Crippen LogP contribution in [0.25, 0.3) is 0 Å². The zero-order valence-corrected chi connectivity index (χ0v) is 13.9. The van der Waals surface area contributed by atoms with E-state index in [2.05, 4.69) is 0 Å². The van der Waals surface area contributed by atoms with Gasteiger partial charge in [-0.1, -0.05) is 12.1 Å². The van der Waals surface area contributed by atoms with Crippen LogP contribution in [0.5, 0.6) is 11.5 Å². The van der Waals surface area contributed by atoms with Gasteiger partial charge in [0.2, 0.25) is 0 Å². The normalized spacial score (nSPS) is 10.3. The Balaban J connectivity index is 2.11. The number of hydrogen-bond donors (Lipinski definition) is 0. The molecule has 0 saturated heterocycles. The maximum absolute atomic E-state index is 12.2. The van der Waals surface area contributed by atoms with Crippen molar-refractivity contribution in [3.8, 4) is 11.5 Å². The molecule has 0 atom stereocenters. The highest BCUT2D eigenvalue weighted by Gasteiger charge is 2.13. The molecule has 0 bridgehead atoms. The molecule has 126 valence electrons. The molecular weight excluding hydrogens is 308 g/mol. The third-order valence-corrected chi connectivity index (χ3v) is 3.00. The van der Waals surface area contributed by atoms with E-state index in [9.17, 15) is 9.59 Å². The Morgan fingerprint density at radius 1 is 0.917 bits per heavy atom. The van der Waals surface area contributed by atoms with Crippen molar-refractivity contribution in [1.29, 1.82) is 0 Å². The summed E-state index contributed by atoms with van der Waals surface area (Å²) in [6, 6.07) is 13.1. The first kappa shape index (κ1) is 17.5. The van der Waals surface area contributed by atoms with Gasteiger partial charge in [-0.3, -0.25) is 0 Å². The van der Waals surface area contributed by atoms with Crippen LogP contribution in [0.2, 0.25) is 0 Å². The van der Waals surface area contributed by atoms with Crippen LogP contribution >= 0.6 is 0 Å². The van der Waals surface area contributed by atoms with Crippen LogP contribution < -0.4 is 9.47 Å². The first-order chi connectivity index (χ1) is 11.5. The van der Waals surface area contributed by atoms with Gasteiger partial charge >= 0.3 is 11.9 Å². The monoisotopic (exact) mass is 328 g/mol. The minimum Gasteiger partial charge on any atom is -0.494 e. The van der Waals surface area contributed by atoms with E-state index in [1.807, 2.05) is 6.92 Å². The van der Waals surface area contributed by atoms with E-state index < -0.39 is 11.9 Å². The van der Waals surface area contributed by atoms with Crippen LogP contribution in [-0.2, 0) is 4.74 Å². The molecule has 0 aromatic heterocycles. The topological polar surface area (TPSA) is 61.8 Å². The molecule has 0 aliphatic carbocycles. The largest absolute Gasteiger partial charge is 0.494 e. The zero-order valence-electron chi connectivity index (χ0n) is 13.9. The van der Waals surface area contributed by atoms with Gasteiger partial charge in [-0.2, -0.15) is 0 Å². The average molecular weight is 328 g/mol. The van der Waals surface area contributed by atoms with E-state index in [0.717, 1.165) is 0 Å². The second kappa shape index (κ2) is 8.15. The first-order valence-corrected chi connectivity index (χ1v) is 7.75. The Hall–Kier alpha value is -2.82. The van der Waals surface area contributed by atoms with Crippen LogP contribution in [0.15, 0.2) is 48.5 Å². The first-order valence-electron chi connectivity index (χ1n) is 7.75. The van der Waals surface area contributed by atoms with Crippen molar-refractivity contribution in [2.24, 2.45) is 0 Å². The van der Waals surface area contributed by atoms with Crippen molar-refractivity contribution < 1.29 is 23.8 Å². The summed E-state index contributed by atoms with van der Waals surface area (Å²) in [6.45, 7) is 5.92. The van der Waals surface area contributed by atoms with Gasteiger partial charge in [0.15, 0.2) is 0 Å². The number of hydrogen-bond acceptors (Lipinski definition) is 5. The molecule has 2 aromatic rings.